The van der Waals surface area contributed by atoms with Gasteiger partial charge in [0, 0.05) is 34.5 Å². The lowest BCUT2D eigenvalue weighted by molar-refractivity contribution is 0.0950. The van der Waals surface area contributed by atoms with E-state index in [2.05, 4.69) is 15.3 Å². The van der Waals surface area contributed by atoms with Gasteiger partial charge in [-0.05, 0) is 48.4 Å². The normalized spacial score (nSPS) is 11.0. The van der Waals surface area contributed by atoms with E-state index in [-0.39, 0.29) is 5.91 Å². The van der Waals surface area contributed by atoms with Gasteiger partial charge in [0.15, 0.2) is 0 Å². The number of ether oxygens (including phenoxy) is 2. The van der Waals surface area contributed by atoms with Crippen LogP contribution in [-0.4, -0.2) is 36.6 Å². The fourth-order valence-electron chi connectivity index (χ4n) is 3.32. The maximum Gasteiger partial charge on any atom is 0.267 e. The number of hydrogen-bond acceptors (Lipinski definition) is 3. The highest BCUT2D eigenvalue weighted by Gasteiger charge is 2.12. The lowest BCUT2D eigenvalue weighted by Crippen LogP contribution is -2.25. The Labute approximate surface area is 156 Å². The van der Waals surface area contributed by atoms with Crippen molar-refractivity contribution in [2.45, 2.75) is 6.42 Å². The van der Waals surface area contributed by atoms with Gasteiger partial charge in [-0.2, -0.15) is 0 Å². The average molecular weight is 363 g/mol. The molecule has 0 aliphatic rings. The molecule has 4 rings (SSSR count). The third-order valence-corrected chi connectivity index (χ3v) is 4.74. The molecule has 6 nitrogen and oxygen atoms in total. The maximum absolute atomic E-state index is 12.5. The van der Waals surface area contributed by atoms with Crippen LogP contribution in [0.5, 0.6) is 11.5 Å². The minimum atomic E-state index is -0.134. The van der Waals surface area contributed by atoms with Gasteiger partial charge in [-0.15, -0.1) is 0 Å². The van der Waals surface area contributed by atoms with Gasteiger partial charge in [0.25, 0.3) is 5.91 Å². The van der Waals surface area contributed by atoms with Crippen molar-refractivity contribution in [1.82, 2.24) is 15.3 Å². The number of rotatable bonds is 6. The Balaban J connectivity index is 1.45. The van der Waals surface area contributed by atoms with Crippen LogP contribution in [-0.2, 0) is 6.42 Å². The summed E-state index contributed by atoms with van der Waals surface area (Å²) in [7, 11) is 3.28. The van der Waals surface area contributed by atoms with E-state index in [0.29, 0.717) is 12.2 Å². The number of aromatic amines is 2. The van der Waals surface area contributed by atoms with E-state index >= 15 is 0 Å². The molecule has 6 heteroatoms. The number of hydrogen-bond donors (Lipinski definition) is 3. The molecule has 0 atom stereocenters. The van der Waals surface area contributed by atoms with Gasteiger partial charge in [-0.3, -0.25) is 4.79 Å². The molecule has 3 N–H and O–H groups in total. The number of aromatic nitrogens is 2. The molecule has 1 amide bonds. The van der Waals surface area contributed by atoms with Gasteiger partial charge >= 0.3 is 0 Å². The molecule has 0 unspecified atom stereocenters. The molecule has 0 fully saturated rings. The van der Waals surface area contributed by atoms with E-state index in [4.69, 9.17) is 9.47 Å². The number of carbonyl (C=O) groups is 1. The molecule has 2 aromatic heterocycles. The maximum atomic E-state index is 12.5. The summed E-state index contributed by atoms with van der Waals surface area (Å²) in [5, 5.41) is 4.98. The van der Waals surface area contributed by atoms with E-state index < -0.39 is 0 Å². The van der Waals surface area contributed by atoms with Crippen molar-refractivity contribution in [2.75, 3.05) is 20.8 Å². The molecule has 0 bridgehead atoms. The second-order valence-electron chi connectivity index (χ2n) is 6.34. The first-order valence-corrected chi connectivity index (χ1v) is 8.77. The summed E-state index contributed by atoms with van der Waals surface area (Å²) in [5.74, 6) is 1.43. The van der Waals surface area contributed by atoms with Crippen LogP contribution in [0.1, 0.15) is 16.1 Å². The Morgan fingerprint density at radius 3 is 2.74 bits per heavy atom. The second-order valence-corrected chi connectivity index (χ2v) is 6.34. The second kappa shape index (κ2) is 7.07. The first-order valence-electron chi connectivity index (χ1n) is 8.77. The van der Waals surface area contributed by atoms with E-state index in [1.807, 2.05) is 48.7 Å². The van der Waals surface area contributed by atoms with Crippen molar-refractivity contribution >= 4 is 27.7 Å². The number of benzene rings is 2. The van der Waals surface area contributed by atoms with Crippen LogP contribution in [0, 0.1) is 0 Å². The molecule has 2 heterocycles. The van der Waals surface area contributed by atoms with Gasteiger partial charge in [0.2, 0.25) is 0 Å². The third kappa shape index (κ3) is 3.21. The Morgan fingerprint density at radius 2 is 1.93 bits per heavy atom. The summed E-state index contributed by atoms with van der Waals surface area (Å²) in [6.07, 6.45) is 2.70. The van der Waals surface area contributed by atoms with E-state index in [1.165, 1.54) is 0 Å². The van der Waals surface area contributed by atoms with Crippen molar-refractivity contribution in [1.29, 1.82) is 0 Å². The van der Waals surface area contributed by atoms with Crippen LogP contribution < -0.4 is 14.8 Å². The lowest BCUT2D eigenvalue weighted by Gasteiger charge is -2.04. The highest BCUT2D eigenvalue weighted by Crippen LogP contribution is 2.26. The zero-order valence-electron chi connectivity index (χ0n) is 15.3. The average Bonchev–Trinajstić information content (AvgIpc) is 3.31. The number of methoxy groups -OCH3 is 2. The molecule has 2 aromatic carbocycles. The van der Waals surface area contributed by atoms with E-state index in [1.54, 1.807) is 14.2 Å². The van der Waals surface area contributed by atoms with Crippen LogP contribution in [0.3, 0.4) is 0 Å². The Bertz CT molecular complexity index is 1110. The van der Waals surface area contributed by atoms with Crippen LogP contribution in [0.25, 0.3) is 21.8 Å². The van der Waals surface area contributed by atoms with Crippen molar-refractivity contribution in [3.8, 4) is 11.5 Å². The Hall–Kier alpha value is -3.41. The first kappa shape index (κ1) is 17.0. The number of carbonyl (C=O) groups excluding carboxylic acids is 1. The molecule has 27 heavy (non-hydrogen) atoms. The van der Waals surface area contributed by atoms with Gasteiger partial charge < -0.3 is 24.8 Å². The SMILES string of the molecule is COc1ccc2[nH]cc(CCNC(=O)c3cc4c(OC)cccc4[nH]3)c2c1. The van der Waals surface area contributed by atoms with Crippen molar-refractivity contribution in [3.63, 3.8) is 0 Å². The summed E-state index contributed by atoms with van der Waals surface area (Å²) in [5.41, 5.74) is 3.60. The molecule has 0 saturated carbocycles. The number of fused-ring (bicyclic) bond motifs is 2. The minimum absolute atomic E-state index is 0.134. The number of H-pyrrole nitrogens is 2. The Morgan fingerprint density at radius 1 is 1.04 bits per heavy atom. The minimum Gasteiger partial charge on any atom is -0.497 e. The van der Waals surface area contributed by atoms with Crippen molar-refractivity contribution in [3.05, 3.63) is 59.9 Å². The molecule has 0 radical (unpaired) electrons. The summed E-state index contributed by atoms with van der Waals surface area (Å²) in [6, 6.07) is 13.4. The van der Waals surface area contributed by atoms with Gasteiger partial charge in [-0.25, -0.2) is 0 Å². The zero-order valence-corrected chi connectivity index (χ0v) is 15.3. The first-order chi connectivity index (χ1) is 13.2. The van der Waals surface area contributed by atoms with Crippen LogP contribution in [0.4, 0.5) is 0 Å². The summed E-state index contributed by atoms with van der Waals surface area (Å²) in [4.78, 5) is 18.9. The molecule has 0 spiro atoms. The molecule has 138 valence electrons. The zero-order chi connectivity index (χ0) is 18.8. The number of nitrogens with one attached hydrogen (secondary N) is 3. The van der Waals surface area contributed by atoms with E-state index in [0.717, 1.165) is 45.3 Å². The quantitative estimate of drug-likeness (QED) is 0.489. The molecular formula is C21H21N3O3. The van der Waals surface area contributed by atoms with Gasteiger partial charge in [-0.1, -0.05) is 6.07 Å². The standard InChI is InChI=1S/C21H21N3O3/c1-26-14-6-7-17-15(10-14)13(12-23-17)8-9-22-21(25)19-11-16-18(24-19)4-3-5-20(16)27-2/h3-7,10-12,23-24H,8-9H2,1-2H3,(H,22,25). The highest BCUT2D eigenvalue weighted by molar-refractivity contribution is 5.99. The summed E-state index contributed by atoms with van der Waals surface area (Å²) >= 11 is 0. The van der Waals surface area contributed by atoms with Crippen LogP contribution >= 0.6 is 0 Å². The lowest BCUT2D eigenvalue weighted by atomic mass is 10.1. The van der Waals surface area contributed by atoms with E-state index in [9.17, 15) is 4.79 Å². The highest BCUT2D eigenvalue weighted by atomic mass is 16.5. The fourth-order valence-corrected chi connectivity index (χ4v) is 3.32. The fraction of sp³-hybridized carbons (Fsp3) is 0.190. The van der Waals surface area contributed by atoms with Crippen molar-refractivity contribution < 1.29 is 14.3 Å². The molecule has 0 aliphatic carbocycles. The predicted octanol–water partition coefficient (Wildman–Crippen LogP) is 3.64. The Kier molecular flexibility index (Phi) is 4.46. The molecule has 0 aliphatic heterocycles. The predicted molar refractivity (Wildman–Crippen MR) is 106 cm³/mol. The van der Waals surface area contributed by atoms with Gasteiger partial charge in [0.05, 0.1) is 14.2 Å². The van der Waals surface area contributed by atoms with Crippen LogP contribution in [0.15, 0.2) is 48.7 Å². The third-order valence-electron chi connectivity index (χ3n) is 4.74. The topological polar surface area (TPSA) is 79.1 Å². The molecular weight excluding hydrogens is 342 g/mol. The summed E-state index contributed by atoms with van der Waals surface area (Å²) in [6.45, 7) is 0.537. The molecule has 0 saturated heterocycles. The smallest absolute Gasteiger partial charge is 0.267 e. The monoisotopic (exact) mass is 363 g/mol. The summed E-state index contributed by atoms with van der Waals surface area (Å²) < 4.78 is 10.6. The molecule has 4 aromatic rings. The van der Waals surface area contributed by atoms with Crippen LogP contribution in [0.2, 0.25) is 0 Å². The largest absolute Gasteiger partial charge is 0.497 e. The number of amides is 1. The van der Waals surface area contributed by atoms with Crippen molar-refractivity contribution in [2.24, 2.45) is 0 Å². The van der Waals surface area contributed by atoms with Gasteiger partial charge in [0.1, 0.15) is 17.2 Å².